The lowest BCUT2D eigenvalue weighted by Crippen LogP contribution is -2.30. The van der Waals surface area contributed by atoms with Crippen LogP contribution in [0.5, 0.6) is 0 Å². The number of hydrogen-bond donors (Lipinski definition) is 0. The van der Waals surface area contributed by atoms with Gasteiger partial charge in [-0.2, -0.15) is 0 Å². The van der Waals surface area contributed by atoms with E-state index in [0.717, 1.165) is 18.7 Å². The molecule has 0 aliphatic carbocycles. The van der Waals surface area contributed by atoms with Crippen LogP contribution in [0.2, 0.25) is 0 Å². The zero-order valence-electron chi connectivity index (χ0n) is 10.7. The minimum atomic E-state index is 0.221. The van der Waals surface area contributed by atoms with Gasteiger partial charge >= 0.3 is 0 Å². The Morgan fingerprint density at radius 3 is 2.50 bits per heavy atom. The number of aryl methyl sites for hydroxylation is 1. The molecule has 2 nitrogen and oxygen atoms in total. The average molecular weight is 219 g/mol. The van der Waals surface area contributed by atoms with Gasteiger partial charge in [-0.1, -0.05) is 19.1 Å². The second-order valence-corrected chi connectivity index (χ2v) is 4.11. The molecule has 0 saturated carbocycles. The van der Waals surface area contributed by atoms with Crippen LogP contribution in [0, 0.1) is 13.8 Å². The summed E-state index contributed by atoms with van der Waals surface area (Å²) in [7, 11) is 0. The van der Waals surface area contributed by atoms with Crippen molar-refractivity contribution in [2.45, 2.75) is 40.5 Å². The van der Waals surface area contributed by atoms with Crippen LogP contribution in [0.25, 0.3) is 0 Å². The van der Waals surface area contributed by atoms with Crippen LogP contribution < -0.4 is 4.90 Å². The van der Waals surface area contributed by atoms with E-state index in [9.17, 15) is 4.79 Å². The average Bonchev–Trinajstić information content (AvgIpc) is 2.25. The summed E-state index contributed by atoms with van der Waals surface area (Å²) in [4.78, 5) is 13.8. The number of hydrogen-bond acceptors (Lipinski definition) is 1. The predicted octanol–water partition coefficient (Wildman–Crippen LogP) is 3.46. The van der Waals surface area contributed by atoms with Gasteiger partial charge in [-0.15, -0.1) is 0 Å². The molecular weight excluding hydrogens is 198 g/mol. The van der Waals surface area contributed by atoms with Crippen molar-refractivity contribution in [2.24, 2.45) is 0 Å². The van der Waals surface area contributed by atoms with Gasteiger partial charge in [0, 0.05) is 18.7 Å². The van der Waals surface area contributed by atoms with Crippen LogP contribution in [0.3, 0.4) is 0 Å². The highest BCUT2D eigenvalue weighted by Gasteiger charge is 2.15. The van der Waals surface area contributed by atoms with Crippen LogP contribution in [0.4, 0.5) is 5.69 Å². The smallest absolute Gasteiger partial charge is 0.226 e. The minimum absolute atomic E-state index is 0.221. The molecule has 1 amide bonds. The Labute approximate surface area is 98.3 Å². The van der Waals surface area contributed by atoms with Gasteiger partial charge in [0.25, 0.3) is 0 Å². The van der Waals surface area contributed by atoms with Crippen LogP contribution in [-0.4, -0.2) is 12.5 Å². The van der Waals surface area contributed by atoms with Crippen molar-refractivity contribution in [2.75, 3.05) is 11.4 Å². The lowest BCUT2D eigenvalue weighted by Gasteiger charge is -2.23. The molecule has 1 aromatic rings. The first-order valence-corrected chi connectivity index (χ1v) is 5.98. The third-order valence-electron chi connectivity index (χ3n) is 2.95. The van der Waals surface area contributed by atoms with E-state index >= 15 is 0 Å². The van der Waals surface area contributed by atoms with Crippen molar-refractivity contribution in [1.82, 2.24) is 0 Å². The Balaban J connectivity index is 3.04. The monoisotopic (exact) mass is 219 g/mol. The Morgan fingerprint density at radius 1 is 1.25 bits per heavy atom. The van der Waals surface area contributed by atoms with Crippen LogP contribution in [0.1, 0.15) is 37.8 Å². The topological polar surface area (TPSA) is 20.3 Å². The summed E-state index contributed by atoms with van der Waals surface area (Å²) in [6.07, 6.45) is 1.53. The molecule has 0 saturated heterocycles. The van der Waals surface area contributed by atoms with Crippen LogP contribution in [0.15, 0.2) is 18.2 Å². The fraction of sp³-hybridized carbons (Fsp3) is 0.500. The van der Waals surface area contributed by atoms with E-state index in [4.69, 9.17) is 0 Å². The molecule has 0 aliphatic heterocycles. The highest BCUT2D eigenvalue weighted by atomic mass is 16.2. The maximum atomic E-state index is 12.0. The van der Waals surface area contributed by atoms with Crippen molar-refractivity contribution in [3.63, 3.8) is 0 Å². The molecule has 1 aromatic carbocycles. The molecule has 0 atom stereocenters. The zero-order chi connectivity index (χ0) is 12.1. The second-order valence-electron chi connectivity index (χ2n) is 4.11. The van der Waals surface area contributed by atoms with Crippen molar-refractivity contribution in [3.05, 3.63) is 29.3 Å². The molecule has 0 heterocycles. The van der Waals surface area contributed by atoms with E-state index < -0.39 is 0 Å². The molecule has 0 radical (unpaired) electrons. The number of carbonyl (C=O) groups excluding carboxylic acids is 1. The number of nitrogens with zero attached hydrogens (tertiary/aromatic N) is 1. The highest BCUT2D eigenvalue weighted by Crippen LogP contribution is 2.23. The molecular formula is C14H21NO. The van der Waals surface area contributed by atoms with Crippen molar-refractivity contribution in [3.8, 4) is 0 Å². The Hall–Kier alpha value is -1.31. The van der Waals surface area contributed by atoms with Crippen molar-refractivity contribution >= 4 is 11.6 Å². The van der Waals surface area contributed by atoms with Gasteiger partial charge in [0.15, 0.2) is 0 Å². The highest BCUT2D eigenvalue weighted by molar-refractivity contribution is 5.94. The molecule has 16 heavy (non-hydrogen) atoms. The summed E-state index contributed by atoms with van der Waals surface area (Å²) in [5, 5.41) is 0. The van der Waals surface area contributed by atoms with Crippen molar-refractivity contribution < 1.29 is 4.79 Å². The summed E-state index contributed by atoms with van der Waals surface area (Å²) < 4.78 is 0. The zero-order valence-corrected chi connectivity index (χ0v) is 10.7. The molecule has 0 spiro atoms. The van der Waals surface area contributed by atoms with E-state index in [1.165, 1.54) is 11.1 Å². The van der Waals surface area contributed by atoms with Gasteiger partial charge in [0.05, 0.1) is 0 Å². The first-order chi connectivity index (χ1) is 7.61. The lowest BCUT2D eigenvalue weighted by molar-refractivity contribution is -0.118. The second kappa shape index (κ2) is 5.69. The van der Waals surface area contributed by atoms with Gasteiger partial charge in [-0.05, 0) is 44.4 Å². The van der Waals surface area contributed by atoms with Gasteiger partial charge in [0.1, 0.15) is 0 Å². The summed E-state index contributed by atoms with van der Waals surface area (Å²) in [6, 6.07) is 6.12. The van der Waals surface area contributed by atoms with E-state index in [1.54, 1.807) is 0 Å². The third kappa shape index (κ3) is 2.63. The third-order valence-corrected chi connectivity index (χ3v) is 2.95. The maximum Gasteiger partial charge on any atom is 0.226 e. The van der Waals surface area contributed by atoms with E-state index in [-0.39, 0.29) is 5.91 Å². The lowest BCUT2D eigenvalue weighted by atomic mass is 10.1. The summed E-state index contributed by atoms with van der Waals surface area (Å²) >= 11 is 0. The summed E-state index contributed by atoms with van der Waals surface area (Å²) in [5.74, 6) is 0.221. The molecule has 0 bridgehead atoms. The molecule has 2 heteroatoms. The summed E-state index contributed by atoms with van der Waals surface area (Å²) in [5.41, 5.74) is 3.50. The van der Waals surface area contributed by atoms with E-state index in [2.05, 4.69) is 19.9 Å². The molecule has 0 aromatic heterocycles. The number of amides is 1. The fourth-order valence-electron chi connectivity index (χ4n) is 1.86. The molecule has 0 fully saturated rings. The molecule has 0 aliphatic rings. The van der Waals surface area contributed by atoms with Gasteiger partial charge in [0.2, 0.25) is 5.91 Å². The molecule has 88 valence electrons. The van der Waals surface area contributed by atoms with Gasteiger partial charge in [-0.3, -0.25) is 4.79 Å². The number of rotatable bonds is 4. The van der Waals surface area contributed by atoms with E-state index in [0.29, 0.717) is 6.42 Å². The fourth-order valence-corrected chi connectivity index (χ4v) is 1.86. The quantitative estimate of drug-likeness (QED) is 0.759. The largest absolute Gasteiger partial charge is 0.312 e. The molecule has 0 N–H and O–H groups in total. The first-order valence-electron chi connectivity index (χ1n) is 5.98. The van der Waals surface area contributed by atoms with Gasteiger partial charge in [-0.25, -0.2) is 0 Å². The Morgan fingerprint density at radius 2 is 1.94 bits per heavy atom. The molecule has 0 unspecified atom stereocenters. The Kier molecular flexibility index (Phi) is 4.53. The van der Waals surface area contributed by atoms with E-state index in [1.807, 2.05) is 30.9 Å². The molecule has 1 rings (SSSR count). The maximum absolute atomic E-state index is 12.0. The van der Waals surface area contributed by atoms with Crippen LogP contribution >= 0.6 is 0 Å². The SMILES string of the molecule is CCCC(=O)N(CC)c1cccc(C)c1C. The minimum Gasteiger partial charge on any atom is -0.312 e. The van der Waals surface area contributed by atoms with Crippen LogP contribution in [-0.2, 0) is 4.79 Å². The normalized spacial score (nSPS) is 10.2. The summed E-state index contributed by atoms with van der Waals surface area (Å²) in [6.45, 7) is 8.96. The Bertz CT molecular complexity index is 371. The number of anilines is 1. The number of carbonyl (C=O) groups is 1. The standard InChI is InChI=1S/C14H21NO/c1-5-8-14(16)15(6-2)13-10-7-9-11(3)12(13)4/h7,9-10H,5-6,8H2,1-4H3. The number of benzene rings is 1. The van der Waals surface area contributed by atoms with Crippen molar-refractivity contribution in [1.29, 1.82) is 0 Å². The first kappa shape index (κ1) is 12.8. The van der Waals surface area contributed by atoms with Gasteiger partial charge < -0.3 is 4.90 Å². The predicted molar refractivity (Wildman–Crippen MR) is 68.9 cm³/mol.